The number of rotatable bonds is 0. The SMILES string of the molecule is O=[P+]([O-])[S-].[Fe]. The first-order valence-electron chi connectivity index (χ1n) is 0.548. The Balaban J connectivity index is 0. The molecule has 0 spiro atoms. The van der Waals surface area contributed by atoms with E-state index in [0.29, 0.717) is 0 Å². The van der Waals surface area contributed by atoms with Crippen molar-refractivity contribution < 1.29 is 26.5 Å². The molecule has 0 aromatic rings. The number of hydrogen-bond donors (Lipinski definition) is 0. The summed E-state index contributed by atoms with van der Waals surface area (Å²) in [6.07, 6.45) is 0. The molecule has 0 bridgehead atoms. The van der Waals surface area contributed by atoms with Gasteiger partial charge in [0.15, 0.2) is 7.23 Å². The Labute approximate surface area is 46.5 Å². The molecule has 1 unspecified atom stereocenters. The molecule has 0 N–H and O–H groups in total. The molecule has 0 amide bonds. The molecule has 1 atom stereocenters. The van der Waals surface area contributed by atoms with E-state index in [1.807, 2.05) is 0 Å². The van der Waals surface area contributed by atoms with Crippen molar-refractivity contribution in [3.63, 3.8) is 0 Å². The molecular weight excluding hydrogens is 151 g/mol. The van der Waals surface area contributed by atoms with Gasteiger partial charge in [-0.1, -0.05) is 0 Å². The minimum absolute atomic E-state index is 0. The fourth-order valence-electron chi connectivity index (χ4n) is 0. The van der Waals surface area contributed by atoms with Gasteiger partial charge in [0.05, 0.1) is 0 Å². The van der Waals surface area contributed by atoms with E-state index in [1.165, 1.54) is 0 Å². The fraction of sp³-hybridized carbons (Fsp3) is 0. The maximum atomic E-state index is 8.85. The van der Waals surface area contributed by atoms with E-state index in [-0.39, 0.29) is 17.1 Å². The van der Waals surface area contributed by atoms with Gasteiger partial charge in [-0.15, -0.1) is 4.57 Å². The smallest absolute Gasteiger partial charge is 0.168 e. The second-order valence-corrected chi connectivity index (χ2v) is 1.57. The van der Waals surface area contributed by atoms with Gasteiger partial charge in [-0.3, -0.25) is 0 Å². The molecule has 0 radical (unpaired) electrons. The zero-order chi connectivity index (χ0) is 3.58. The third-order valence-corrected chi connectivity index (χ3v) is 0. The van der Waals surface area contributed by atoms with E-state index in [4.69, 9.17) is 9.46 Å². The van der Waals surface area contributed by atoms with Crippen LogP contribution in [-0.4, -0.2) is 0 Å². The van der Waals surface area contributed by atoms with Gasteiger partial charge in [-0.25, -0.2) is 0 Å². The summed E-state index contributed by atoms with van der Waals surface area (Å²) in [5.74, 6) is 0. The first-order valence-corrected chi connectivity index (χ1v) is 2.74. The Morgan fingerprint density at radius 1 is 1.80 bits per heavy atom. The Bertz CT molecular complexity index is 32.6. The molecule has 0 saturated carbocycles. The third-order valence-electron chi connectivity index (χ3n) is 0. The molecule has 0 fully saturated rings. The van der Waals surface area contributed by atoms with Crippen LogP contribution in [0.5, 0.6) is 0 Å². The summed E-state index contributed by atoms with van der Waals surface area (Å²) in [5, 5.41) is 0. The van der Waals surface area contributed by atoms with Crippen molar-refractivity contribution in [1.29, 1.82) is 0 Å². The minimum Gasteiger partial charge on any atom is -0.614 e. The van der Waals surface area contributed by atoms with Gasteiger partial charge in [0.25, 0.3) is 0 Å². The zero-order valence-corrected chi connectivity index (χ0v) is 4.84. The van der Waals surface area contributed by atoms with E-state index in [0.717, 1.165) is 0 Å². The minimum atomic E-state index is -2.54. The molecule has 5 heteroatoms. The quantitative estimate of drug-likeness (QED) is 0.267. The Hall–Kier alpha value is 0.929. The van der Waals surface area contributed by atoms with E-state index in [9.17, 15) is 0 Å². The van der Waals surface area contributed by atoms with Crippen LogP contribution in [0.25, 0.3) is 0 Å². The first-order chi connectivity index (χ1) is 1.73. The van der Waals surface area contributed by atoms with Gasteiger partial charge in [-0.2, -0.15) is 0 Å². The van der Waals surface area contributed by atoms with Crippen molar-refractivity contribution in [3.8, 4) is 0 Å². The van der Waals surface area contributed by atoms with Crippen molar-refractivity contribution >= 4 is 19.5 Å². The van der Waals surface area contributed by atoms with Gasteiger partial charge in [0.1, 0.15) is 0 Å². The second kappa shape index (κ2) is 4.93. The molecule has 2 nitrogen and oxygen atoms in total. The van der Waals surface area contributed by atoms with Gasteiger partial charge < -0.3 is 17.1 Å². The molecule has 0 aliphatic carbocycles. The molecular formula is FeO2PS-. The third kappa shape index (κ3) is 49.0. The normalized spacial score (nSPS) is 8.80. The van der Waals surface area contributed by atoms with Crippen molar-refractivity contribution in [2.24, 2.45) is 0 Å². The predicted octanol–water partition coefficient (Wildman–Crippen LogP) is -0.452. The topological polar surface area (TPSA) is 40.1 Å². The van der Waals surface area contributed by atoms with Crippen LogP contribution in [0.15, 0.2) is 0 Å². The van der Waals surface area contributed by atoms with Crippen LogP contribution in [0.2, 0.25) is 0 Å². The standard InChI is InChI=1S/Fe.HO2PS/c;1-3(2)4/h;(H,1,2,4)/p-1. The second-order valence-electron chi connectivity index (χ2n) is 0.224. The fourth-order valence-corrected chi connectivity index (χ4v) is 0. The summed E-state index contributed by atoms with van der Waals surface area (Å²) in [6, 6.07) is 0. The van der Waals surface area contributed by atoms with E-state index in [2.05, 4.69) is 12.2 Å². The molecule has 0 aliphatic rings. The molecule has 32 valence electrons. The summed E-state index contributed by atoms with van der Waals surface area (Å²) in [7, 11) is -2.54. The van der Waals surface area contributed by atoms with Crippen LogP contribution in [0, 0.1) is 0 Å². The molecule has 5 heavy (non-hydrogen) atoms. The van der Waals surface area contributed by atoms with Crippen molar-refractivity contribution in [1.82, 2.24) is 0 Å². The molecule has 0 rings (SSSR count). The maximum Gasteiger partial charge on any atom is 0.168 e. The predicted molar refractivity (Wildman–Crippen MR) is 15.0 cm³/mol. The Morgan fingerprint density at radius 3 is 1.80 bits per heavy atom. The van der Waals surface area contributed by atoms with Gasteiger partial charge >= 0.3 is 0 Å². The maximum absolute atomic E-state index is 8.85. The molecule has 0 aromatic carbocycles. The molecule has 0 aromatic heterocycles. The summed E-state index contributed by atoms with van der Waals surface area (Å²) in [6.45, 7) is 0. The van der Waals surface area contributed by atoms with Crippen LogP contribution >= 0.6 is 7.23 Å². The molecule has 0 aliphatic heterocycles. The van der Waals surface area contributed by atoms with Gasteiger partial charge in [0.2, 0.25) is 0 Å². The van der Waals surface area contributed by atoms with Crippen molar-refractivity contribution in [3.05, 3.63) is 0 Å². The van der Waals surface area contributed by atoms with Crippen LogP contribution in [0.4, 0.5) is 0 Å². The van der Waals surface area contributed by atoms with E-state index < -0.39 is 7.23 Å². The summed E-state index contributed by atoms with van der Waals surface area (Å²) in [4.78, 5) is 8.85. The Morgan fingerprint density at radius 2 is 1.80 bits per heavy atom. The number of hydrogen-bond acceptors (Lipinski definition) is 3. The Kier molecular flexibility index (Phi) is 9.20. The zero-order valence-electron chi connectivity index (χ0n) is 2.03. The molecule has 0 heterocycles. The molecule has 0 saturated heterocycles. The van der Waals surface area contributed by atoms with Crippen LogP contribution in [-0.2, 0) is 33.9 Å². The van der Waals surface area contributed by atoms with Crippen molar-refractivity contribution in [2.45, 2.75) is 0 Å². The first kappa shape index (κ1) is 9.33. The van der Waals surface area contributed by atoms with Crippen LogP contribution < -0.4 is 4.89 Å². The average Bonchev–Trinajstić information content (AvgIpc) is 0.811. The summed E-state index contributed by atoms with van der Waals surface area (Å²) < 4.78 is 8.85. The van der Waals surface area contributed by atoms with Gasteiger partial charge in [0, 0.05) is 17.1 Å². The average molecular weight is 151 g/mol. The van der Waals surface area contributed by atoms with Crippen LogP contribution in [0.1, 0.15) is 0 Å². The van der Waals surface area contributed by atoms with E-state index in [1.54, 1.807) is 0 Å². The van der Waals surface area contributed by atoms with Crippen LogP contribution in [0.3, 0.4) is 0 Å². The van der Waals surface area contributed by atoms with Crippen molar-refractivity contribution in [2.75, 3.05) is 0 Å². The van der Waals surface area contributed by atoms with Gasteiger partial charge in [-0.05, 0) is 0 Å². The van der Waals surface area contributed by atoms with E-state index >= 15 is 0 Å². The summed E-state index contributed by atoms with van der Waals surface area (Å²) >= 11 is 3.57. The summed E-state index contributed by atoms with van der Waals surface area (Å²) in [5.41, 5.74) is 0. The largest absolute Gasteiger partial charge is 0.614 e. The monoisotopic (exact) mass is 151 g/mol.